The van der Waals surface area contributed by atoms with E-state index >= 15 is 0 Å². The van der Waals surface area contributed by atoms with Crippen molar-refractivity contribution in [3.8, 4) is 22.5 Å². The van der Waals surface area contributed by atoms with E-state index in [0.717, 1.165) is 33.4 Å². The lowest BCUT2D eigenvalue weighted by molar-refractivity contribution is 0.0938. The van der Waals surface area contributed by atoms with Gasteiger partial charge in [-0.05, 0) is 29.1 Å². The molecule has 2 aromatic carbocycles. The largest absolute Gasteiger partial charge is 0.355 e. The van der Waals surface area contributed by atoms with Crippen LogP contribution in [0, 0.1) is 0 Å². The van der Waals surface area contributed by atoms with Crippen LogP contribution in [-0.4, -0.2) is 28.4 Å². The van der Waals surface area contributed by atoms with Crippen molar-refractivity contribution in [3.63, 3.8) is 0 Å². The van der Waals surface area contributed by atoms with Gasteiger partial charge in [0.05, 0.1) is 11.2 Å². The predicted octanol–water partition coefficient (Wildman–Crippen LogP) is 4.89. The second-order valence-corrected chi connectivity index (χ2v) is 6.78. The number of hydrogen-bond donors (Lipinski definition) is 2. The van der Waals surface area contributed by atoms with Crippen molar-refractivity contribution in [3.05, 3.63) is 84.6 Å². The van der Waals surface area contributed by atoms with Gasteiger partial charge in [0.1, 0.15) is 0 Å². The Morgan fingerprint density at radius 2 is 1.59 bits per heavy atom. The number of nitrogens with zero attached hydrogens (tertiary/aromatic N) is 1. The molecule has 0 aliphatic carbocycles. The summed E-state index contributed by atoms with van der Waals surface area (Å²) in [6.45, 7) is 1.54. The van der Waals surface area contributed by atoms with E-state index < -0.39 is 0 Å². The molecule has 0 atom stereocenters. The highest BCUT2D eigenvalue weighted by Gasteiger charge is 2.13. The molecule has 2 heterocycles. The van der Waals surface area contributed by atoms with E-state index in [-0.39, 0.29) is 11.8 Å². The number of H-pyrrole nitrogens is 1. The van der Waals surface area contributed by atoms with Crippen LogP contribution in [0.4, 0.5) is 0 Å². The second kappa shape index (κ2) is 7.64. The minimum atomic E-state index is -0.149. The summed E-state index contributed by atoms with van der Waals surface area (Å²) in [5.74, 6) is -0.229. The highest BCUT2D eigenvalue weighted by molar-refractivity contribution is 6.00. The summed E-state index contributed by atoms with van der Waals surface area (Å²) in [5.41, 5.74) is 4.74. The van der Waals surface area contributed by atoms with Crippen LogP contribution in [0.1, 0.15) is 22.1 Å². The van der Waals surface area contributed by atoms with Gasteiger partial charge < -0.3 is 10.3 Å². The normalized spacial score (nSPS) is 10.7. The standard InChI is InChI=1S/C24H21N3O2/c1-16(28)27-15-22-17(11-12-18-7-3-6-10-23(18)27)13-14-21(26-22)19-8-4-5-9-20(19)24(29)25-2/h3-15,26H,1-2H3,(H,25,29). The van der Waals surface area contributed by atoms with Gasteiger partial charge >= 0.3 is 0 Å². The lowest BCUT2D eigenvalue weighted by Gasteiger charge is -2.14. The van der Waals surface area contributed by atoms with Crippen LogP contribution < -0.4 is 5.32 Å². The van der Waals surface area contributed by atoms with E-state index in [2.05, 4.69) is 10.3 Å². The fourth-order valence-corrected chi connectivity index (χ4v) is 3.47. The first-order valence-corrected chi connectivity index (χ1v) is 9.38. The number of carbonyl (C=O) groups is 2. The number of pyridine rings is 1. The van der Waals surface area contributed by atoms with Gasteiger partial charge in [-0.15, -0.1) is 0 Å². The van der Waals surface area contributed by atoms with Crippen molar-refractivity contribution in [2.24, 2.45) is 0 Å². The molecule has 0 aromatic heterocycles. The van der Waals surface area contributed by atoms with Crippen molar-refractivity contribution in [2.75, 3.05) is 7.05 Å². The Bertz CT molecular complexity index is 1250. The molecule has 0 fully saturated rings. The minimum absolute atomic E-state index is 0.0803. The Kier molecular flexibility index (Phi) is 4.87. The van der Waals surface area contributed by atoms with E-state index in [1.807, 2.05) is 72.9 Å². The fraction of sp³-hybridized carbons (Fsp3) is 0.0833. The van der Waals surface area contributed by atoms with E-state index in [1.54, 1.807) is 24.6 Å². The fourth-order valence-electron chi connectivity index (χ4n) is 3.47. The summed E-state index contributed by atoms with van der Waals surface area (Å²) in [6.07, 6.45) is 1.81. The summed E-state index contributed by atoms with van der Waals surface area (Å²) in [4.78, 5) is 28.1. The summed E-state index contributed by atoms with van der Waals surface area (Å²) < 4.78 is 1.64. The van der Waals surface area contributed by atoms with Gasteiger partial charge in [0.15, 0.2) is 0 Å². The highest BCUT2D eigenvalue weighted by Crippen LogP contribution is 2.27. The molecule has 2 aliphatic rings. The number of rotatable bonds is 2. The zero-order valence-corrected chi connectivity index (χ0v) is 16.3. The van der Waals surface area contributed by atoms with Gasteiger partial charge in [-0.1, -0.05) is 54.6 Å². The first-order valence-electron chi connectivity index (χ1n) is 9.38. The van der Waals surface area contributed by atoms with E-state index in [1.165, 1.54) is 0 Å². The number of fused-ring (bicyclic) bond motifs is 2. The van der Waals surface area contributed by atoms with E-state index in [4.69, 9.17) is 0 Å². The van der Waals surface area contributed by atoms with Gasteiger partial charge in [0.25, 0.3) is 5.91 Å². The minimum Gasteiger partial charge on any atom is -0.355 e. The molecule has 5 nitrogen and oxygen atoms in total. The third-order valence-corrected chi connectivity index (χ3v) is 4.94. The van der Waals surface area contributed by atoms with Crippen LogP contribution >= 0.6 is 0 Å². The smallest absolute Gasteiger partial charge is 0.251 e. The number of amides is 1. The van der Waals surface area contributed by atoms with Crippen molar-refractivity contribution in [1.29, 1.82) is 0 Å². The molecule has 2 N–H and O–H groups in total. The van der Waals surface area contributed by atoms with Crippen LogP contribution in [-0.2, 0) is 0 Å². The Labute approximate surface area is 168 Å². The average Bonchev–Trinajstić information content (AvgIpc) is 2.74. The molecule has 144 valence electrons. The maximum Gasteiger partial charge on any atom is 0.251 e. The zero-order valence-electron chi connectivity index (χ0n) is 16.3. The summed E-state index contributed by atoms with van der Waals surface area (Å²) >= 11 is 0. The first-order chi connectivity index (χ1) is 14.1. The van der Waals surface area contributed by atoms with Crippen LogP contribution in [0.3, 0.4) is 0 Å². The highest BCUT2D eigenvalue weighted by atomic mass is 16.2. The number of benzene rings is 2. The molecular formula is C24H21N3O2. The zero-order chi connectivity index (χ0) is 20.4. The molecule has 29 heavy (non-hydrogen) atoms. The van der Waals surface area contributed by atoms with E-state index in [9.17, 15) is 9.59 Å². The summed E-state index contributed by atoms with van der Waals surface area (Å²) in [6, 6.07) is 23.2. The molecule has 0 saturated carbocycles. The molecule has 1 amide bonds. The van der Waals surface area contributed by atoms with Crippen LogP contribution in [0.15, 0.2) is 79.0 Å². The van der Waals surface area contributed by atoms with Gasteiger partial charge in [-0.2, -0.15) is 0 Å². The molecular weight excluding hydrogens is 362 g/mol. The molecule has 0 spiro atoms. The third kappa shape index (κ3) is 3.50. The van der Waals surface area contributed by atoms with Crippen LogP contribution in [0.5, 0.6) is 0 Å². The maximum atomic E-state index is 12.4. The van der Waals surface area contributed by atoms with Gasteiger partial charge in [-0.25, -0.2) is 0 Å². The number of para-hydroxylation sites is 1. The van der Waals surface area contributed by atoms with Crippen LogP contribution in [0.2, 0.25) is 0 Å². The molecule has 0 saturated heterocycles. The number of carbonyl (C=O) groups excluding carboxylic acids is 2. The SMILES string of the molecule is CNC(=O)c1ccccc1-c1ccc2ccc3ccccc3n(C(C)=O)cc-2[nH]1. The molecule has 0 unspecified atom stereocenters. The quantitative estimate of drug-likeness (QED) is 0.518. The second-order valence-electron chi connectivity index (χ2n) is 6.78. The van der Waals surface area contributed by atoms with Gasteiger partial charge in [0, 0.05) is 37.0 Å². The lowest BCUT2D eigenvalue weighted by Crippen LogP contribution is -2.18. The predicted molar refractivity (Wildman–Crippen MR) is 116 cm³/mol. The number of aromatic amines is 1. The Morgan fingerprint density at radius 1 is 0.862 bits per heavy atom. The van der Waals surface area contributed by atoms with Crippen molar-refractivity contribution >= 4 is 22.7 Å². The number of hydrogen-bond acceptors (Lipinski definition) is 2. The number of nitrogens with one attached hydrogen (secondary N) is 2. The monoisotopic (exact) mass is 383 g/mol. The summed E-state index contributed by atoms with van der Waals surface area (Å²) in [7, 11) is 1.62. The van der Waals surface area contributed by atoms with Gasteiger partial charge in [0.2, 0.25) is 5.91 Å². The topological polar surface area (TPSA) is 66.9 Å². The van der Waals surface area contributed by atoms with Gasteiger partial charge in [-0.3, -0.25) is 14.2 Å². The third-order valence-electron chi connectivity index (χ3n) is 4.94. The molecule has 4 rings (SSSR count). The molecule has 5 heteroatoms. The Morgan fingerprint density at radius 3 is 2.38 bits per heavy atom. The molecule has 0 radical (unpaired) electrons. The Balaban J connectivity index is 2.01. The molecule has 0 bridgehead atoms. The summed E-state index contributed by atoms with van der Waals surface area (Å²) in [5, 5.41) is 3.65. The maximum absolute atomic E-state index is 12.4. The lowest BCUT2D eigenvalue weighted by atomic mass is 10.0. The van der Waals surface area contributed by atoms with Crippen molar-refractivity contribution < 1.29 is 9.59 Å². The van der Waals surface area contributed by atoms with Crippen LogP contribution in [0.25, 0.3) is 33.4 Å². The first kappa shape index (κ1) is 18.5. The number of aromatic nitrogens is 2. The molecule has 2 aliphatic heterocycles. The average molecular weight is 383 g/mol. The molecule has 2 aromatic rings. The van der Waals surface area contributed by atoms with Crippen molar-refractivity contribution in [2.45, 2.75) is 6.92 Å². The van der Waals surface area contributed by atoms with E-state index in [0.29, 0.717) is 5.56 Å². The van der Waals surface area contributed by atoms with Crippen molar-refractivity contribution in [1.82, 2.24) is 14.9 Å². The Hall–Kier alpha value is -3.86.